The highest BCUT2D eigenvalue weighted by atomic mass is 15.3. The molecule has 2 aromatic heterocycles. The molecule has 21 heavy (non-hydrogen) atoms. The van der Waals surface area contributed by atoms with Crippen molar-refractivity contribution in [2.24, 2.45) is 13.0 Å². The van der Waals surface area contributed by atoms with E-state index in [4.69, 9.17) is 4.98 Å². The van der Waals surface area contributed by atoms with Crippen molar-refractivity contribution in [2.45, 2.75) is 40.5 Å². The van der Waals surface area contributed by atoms with Gasteiger partial charge in [-0.3, -0.25) is 4.68 Å². The summed E-state index contributed by atoms with van der Waals surface area (Å²) in [4.78, 5) is 9.37. The number of hydrogen-bond acceptors (Lipinski definition) is 4. The summed E-state index contributed by atoms with van der Waals surface area (Å²) >= 11 is 0. The smallest absolute Gasteiger partial charge is 0.165 e. The Hall–Kier alpha value is -1.91. The number of nitrogens with zero attached hydrogens (tertiary/aromatic N) is 4. The van der Waals surface area contributed by atoms with Gasteiger partial charge in [-0.25, -0.2) is 9.97 Å². The van der Waals surface area contributed by atoms with E-state index in [0.29, 0.717) is 5.92 Å². The fourth-order valence-electron chi connectivity index (χ4n) is 2.30. The molecule has 2 rings (SSSR count). The van der Waals surface area contributed by atoms with E-state index in [9.17, 15) is 0 Å². The van der Waals surface area contributed by atoms with Gasteiger partial charge in [0.05, 0.1) is 11.3 Å². The normalized spacial score (nSPS) is 11.1. The van der Waals surface area contributed by atoms with E-state index in [1.54, 1.807) is 0 Å². The van der Waals surface area contributed by atoms with Gasteiger partial charge in [-0.05, 0) is 25.7 Å². The van der Waals surface area contributed by atoms with Gasteiger partial charge >= 0.3 is 0 Å². The fraction of sp³-hybridized carbons (Fsp3) is 0.562. The highest BCUT2D eigenvalue weighted by Gasteiger charge is 2.12. The van der Waals surface area contributed by atoms with Crippen molar-refractivity contribution in [2.75, 3.05) is 11.9 Å². The van der Waals surface area contributed by atoms with E-state index >= 15 is 0 Å². The summed E-state index contributed by atoms with van der Waals surface area (Å²) in [6, 6.07) is 2.06. The Labute approximate surface area is 126 Å². The van der Waals surface area contributed by atoms with E-state index in [1.807, 2.05) is 24.9 Å². The number of rotatable bonds is 6. The van der Waals surface area contributed by atoms with Crippen LogP contribution in [0.4, 0.5) is 5.82 Å². The Kier molecular flexibility index (Phi) is 4.94. The predicted octanol–water partition coefficient (Wildman–Crippen LogP) is 3.21. The van der Waals surface area contributed by atoms with E-state index in [2.05, 4.69) is 42.2 Å². The maximum Gasteiger partial charge on any atom is 0.165 e. The minimum atomic E-state index is 0.571. The summed E-state index contributed by atoms with van der Waals surface area (Å²) in [7, 11) is 1.92. The van der Waals surface area contributed by atoms with Gasteiger partial charge in [-0.15, -0.1) is 0 Å². The van der Waals surface area contributed by atoms with Crippen molar-refractivity contribution in [3.05, 3.63) is 23.7 Å². The van der Waals surface area contributed by atoms with Crippen molar-refractivity contribution in [1.82, 2.24) is 19.7 Å². The zero-order valence-electron chi connectivity index (χ0n) is 13.6. The third-order valence-electron chi connectivity index (χ3n) is 3.21. The molecule has 0 fully saturated rings. The maximum atomic E-state index is 4.72. The topological polar surface area (TPSA) is 55.6 Å². The third kappa shape index (κ3) is 4.03. The SMILES string of the molecule is CCCNc1cc(CC(C)C)nc(-c2cn(C)nc2C)n1. The Morgan fingerprint density at radius 1 is 1.29 bits per heavy atom. The molecule has 0 bridgehead atoms. The first-order valence-corrected chi connectivity index (χ1v) is 7.62. The average Bonchev–Trinajstić information content (AvgIpc) is 2.74. The van der Waals surface area contributed by atoms with E-state index in [0.717, 1.165) is 48.0 Å². The summed E-state index contributed by atoms with van der Waals surface area (Å²) in [6.07, 6.45) is 4.01. The van der Waals surface area contributed by atoms with Crippen molar-refractivity contribution < 1.29 is 0 Å². The van der Waals surface area contributed by atoms with Crippen LogP contribution in [0, 0.1) is 12.8 Å². The van der Waals surface area contributed by atoms with E-state index in [1.165, 1.54) is 0 Å². The molecule has 0 aliphatic heterocycles. The Bertz CT molecular complexity index is 601. The molecule has 0 aliphatic carbocycles. The van der Waals surface area contributed by atoms with Crippen molar-refractivity contribution >= 4 is 5.82 Å². The summed E-state index contributed by atoms with van der Waals surface area (Å²) < 4.78 is 1.81. The zero-order chi connectivity index (χ0) is 15.4. The molecular formula is C16H25N5. The van der Waals surface area contributed by atoms with Crippen LogP contribution in [0.3, 0.4) is 0 Å². The summed E-state index contributed by atoms with van der Waals surface area (Å²) in [6.45, 7) is 9.47. The second-order valence-corrected chi connectivity index (χ2v) is 5.89. The lowest BCUT2D eigenvalue weighted by atomic mass is 10.1. The Balaban J connectivity index is 2.41. The zero-order valence-corrected chi connectivity index (χ0v) is 13.6. The lowest BCUT2D eigenvalue weighted by Crippen LogP contribution is -2.07. The standard InChI is InChI=1S/C16H25N5/c1-6-7-17-15-9-13(8-11(2)3)18-16(19-15)14-10-21(5)20-12(14)4/h9-11H,6-8H2,1-5H3,(H,17,18,19). The molecule has 1 N–H and O–H groups in total. The van der Waals surface area contributed by atoms with Crippen LogP contribution in [0.2, 0.25) is 0 Å². The molecule has 0 radical (unpaired) electrons. The number of nitrogens with one attached hydrogen (secondary N) is 1. The van der Waals surface area contributed by atoms with Gasteiger partial charge in [-0.2, -0.15) is 5.10 Å². The van der Waals surface area contributed by atoms with Crippen LogP contribution in [0.5, 0.6) is 0 Å². The summed E-state index contributed by atoms with van der Waals surface area (Å²) in [5.74, 6) is 2.24. The van der Waals surface area contributed by atoms with E-state index in [-0.39, 0.29) is 0 Å². The summed E-state index contributed by atoms with van der Waals surface area (Å²) in [5.41, 5.74) is 3.04. The molecule has 2 aromatic rings. The maximum absolute atomic E-state index is 4.72. The van der Waals surface area contributed by atoms with Crippen molar-refractivity contribution in [3.8, 4) is 11.4 Å². The molecule has 2 heterocycles. The Morgan fingerprint density at radius 3 is 2.62 bits per heavy atom. The van der Waals surface area contributed by atoms with Gasteiger partial charge in [0.2, 0.25) is 0 Å². The molecule has 5 heteroatoms. The van der Waals surface area contributed by atoms with Gasteiger partial charge in [0, 0.05) is 31.5 Å². The fourth-order valence-corrected chi connectivity index (χ4v) is 2.30. The largest absolute Gasteiger partial charge is 0.370 e. The first-order chi connectivity index (χ1) is 9.99. The Morgan fingerprint density at radius 2 is 2.05 bits per heavy atom. The minimum Gasteiger partial charge on any atom is -0.370 e. The molecule has 0 saturated carbocycles. The van der Waals surface area contributed by atoms with Crippen LogP contribution in [0.25, 0.3) is 11.4 Å². The molecule has 0 atom stereocenters. The number of aryl methyl sites for hydroxylation is 2. The van der Waals surface area contributed by atoms with Crippen LogP contribution < -0.4 is 5.32 Å². The molecule has 5 nitrogen and oxygen atoms in total. The van der Waals surface area contributed by atoms with Gasteiger partial charge in [0.15, 0.2) is 5.82 Å². The number of anilines is 1. The highest BCUT2D eigenvalue weighted by Crippen LogP contribution is 2.21. The highest BCUT2D eigenvalue weighted by molar-refractivity contribution is 5.59. The molecule has 0 spiro atoms. The number of hydrogen-bond donors (Lipinski definition) is 1. The second kappa shape index (κ2) is 6.70. The molecule has 0 amide bonds. The monoisotopic (exact) mass is 287 g/mol. The molecule has 0 unspecified atom stereocenters. The average molecular weight is 287 g/mol. The van der Waals surface area contributed by atoms with Crippen LogP contribution in [0.1, 0.15) is 38.6 Å². The van der Waals surface area contributed by atoms with Gasteiger partial charge in [0.25, 0.3) is 0 Å². The van der Waals surface area contributed by atoms with Gasteiger partial charge < -0.3 is 5.32 Å². The van der Waals surface area contributed by atoms with Crippen LogP contribution >= 0.6 is 0 Å². The molecular weight excluding hydrogens is 262 g/mol. The molecule has 114 valence electrons. The molecule has 0 saturated heterocycles. The first-order valence-electron chi connectivity index (χ1n) is 7.62. The van der Waals surface area contributed by atoms with Gasteiger partial charge in [-0.1, -0.05) is 20.8 Å². The first kappa shape index (κ1) is 15.5. The van der Waals surface area contributed by atoms with Crippen molar-refractivity contribution in [3.63, 3.8) is 0 Å². The van der Waals surface area contributed by atoms with Gasteiger partial charge in [0.1, 0.15) is 5.82 Å². The third-order valence-corrected chi connectivity index (χ3v) is 3.21. The van der Waals surface area contributed by atoms with Crippen LogP contribution in [-0.2, 0) is 13.5 Å². The van der Waals surface area contributed by atoms with Crippen molar-refractivity contribution in [1.29, 1.82) is 0 Å². The molecule has 0 aromatic carbocycles. The van der Waals surface area contributed by atoms with E-state index < -0.39 is 0 Å². The van der Waals surface area contributed by atoms with Crippen LogP contribution in [0.15, 0.2) is 12.3 Å². The summed E-state index contributed by atoms with van der Waals surface area (Å²) in [5, 5.41) is 7.75. The lowest BCUT2D eigenvalue weighted by molar-refractivity contribution is 0.635. The molecule has 0 aliphatic rings. The quantitative estimate of drug-likeness (QED) is 0.886. The minimum absolute atomic E-state index is 0.571. The second-order valence-electron chi connectivity index (χ2n) is 5.89. The lowest BCUT2D eigenvalue weighted by Gasteiger charge is -2.10. The van der Waals surface area contributed by atoms with Crippen LogP contribution in [-0.4, -0.2) is 26.3 Å². The predicted molar refractivity (Wildman–Crippen MR) is 86.3 cm³/mol. The number of aromatic nitrogens is 4.